The van der Waals surface area contributed by atoms with E-state index in [9.17, 15) is 0 Å². The zero-order valence-electron chi connectivity index (χ0n) is 27.7. The molecule has 12 rings (SSSR count). The summed E-state index contributed by atoms with van der Waals surface area (Å²) in [4.78, 5) is 13.5. The second-order valence-corrected chi connectivity index (χ2v) is 17.4. The third-order valence-electron chi connectivity index (χ3n) is 11.2. The van der Waals surface area contributed by atoms with Gasteiger partial charge in [-0.2, -0.15) is 0 Å². The molecule has 3 aromatic heterocycles. The molecule has 7 aromatic carbocycles. The van der Waals surface area contributed by atoms with Gasteiger partial charge in [0.15, 0.2) is 5.82 Å². The van der Waals surface area contributed by atoms with Gasteiger partial charge in [-0.25, -0.2) is 4.98 Å². The number of hydrogen-bond acceptors (Lipinski definition) is 4. The molecule has 5 heterocycles. The third kappa shape index (κ3) is 3.23. The van der Waals surface area contributed by atoms with Crippen LogP contribution in [-0.4, -0.2) is 18.7 Å². The predicted octanol–water partition coefficient (Wildman–Crippen LogP) is 11.5. The lowest BCUT2D eigenvalue weighted by Crippen LogP contribution is -2.29. The Morgan fingerprint density at radius 2 is 1.10 bits per heavy atom. The molecule has 10 aromatic rings. The summed E-state index contributed by atoms with van der Waals surface area (Å²) in [6, 6.07) is 51.9. The van der Waals surface area contributed by atoms with Crippen LogP contribution in [0.2, 0.25) is 0 Å². The summed E-state index contributed by atoms with van der Waals surface area (Å²) >= 11 is 0. The monoisotopic (exact) mass is 685 g/mol. The number of aromatic nitrogens is 3. The minimum absolute atomic E-state index is 0.711. The SMILES string of the molecule is O=S12(c3ccccc3-c3ccccc31)c1ccccc1-c1cc(-c3cncc(-n4c5ccccc5c5cc6c(cc54)oc4ccccc46)n3)ccc12. The molecule has 2 aliphatic rings. The molecule has 0 saturated heterocycles. The maximum atomic E-state index is 16.7. The van der Waals surface area contributed by atoms with Crippen LogP contribution in [0, 0.1) is 0 Å². The maximum Gasteiger partial charge on any atom is 0.156 e. The Bertz CT molecular complexity index is 3230. The molecule has 6 heteroatoms. The zero-order valence-corrected chi connectivity index (χ0v) is 28.5. The number of benzene rings is 7. The van der Waals surface area contributed by atoms with E-state index >= 15 is 4.21 Å². The Labute approximate surface area is 297 Å². The quantitative estimate of drug-likeness (QED) is 0.182. The number of hydrogen-bond donors (Lipinski definition) is 0. The normalized spacial score (nSPS) is 15.4. The maximum absolute atomic E-state index is 16.7. The largest absolute Gasteiger partial charge is 0.456 e. The van der Waals surface area contributed by atoms with Crippen molar-refractivity contribution in [2.45, 2.75) is 19.6 Å². The summed E-state index contributed by atoms with van der Waals surface area (Å²) in [6.45, 7) is 0. The van der Waals surface area contributed by atoms with E-state index in [1.54, 1.807) is 0 Å². The van der Waals surface area contributed by atoms with Crippen molar-refractivity contribution in [3.63, 3.8) is 0 Å². The van der Waals surface area contributed by atoms with Crippen molar-refractivity contribution in [2.75, 3.05) is 0 Å². The first-order valence-electron chi connectivity index (χ1n) is 17.4. The number of para-hydroxylation sites is 2. The zero-order chi connectivity index (χ0) is 34.2. The average molecular weight is 686 g/mol. The topological polar surface area (TPSA) is 60.9 Å². The number of rotatable bonds is 2. The Morgan fingerprint density at radius 3 is 1.85 bits per heavy atom. The van der Waals surface area contributed by atoms with E-state index in [0.717, 1.165) is 96.8 Å². The summed E-state index contributed by atoms with van der Waals surface area (Å²) in [5, 5.41) is 4.46. The van der Waals surface area contributed by atoms with Gasteiger partial charge in [0, 0.05) is 61.8 Å². The molecule has 0 radical (unpaired) electrons. The van der Waals surface area contributed by atoms with Gasteiger partial charge in [-0.1, -0.05) is 97.1 Å². The highest BCUT2D eigenvalue weighted by atomic mass is 32.3. The van der Waals surface area contributed by atoms with Crippen molar-refractivity contribution in [2.24, 2.45) is 0 Å². The van der Waals surface area contributed by atoms with Crippen LogP contribution >= 0.6 is 0 Å². The van der Waals surface area contributed by atoms with Crippen molar-refractivity contribution in [3.8, 4) is 39.3 Å². The lowest BCUT2D eigenvalue weighted by Gasteiger charge is -2.38. The van der Waals surface area contributed by atoms with Gasteiger partial charge in [0.05, 0.1) is 29.1 Å². The van der Waals surface area contributed by atoms with E-state index in [1.807, 2.05) is 67.0 Å². The first-order chi connectivity index (χ1) is 25.6. The van der Waals surface area contributed by atoms with Gasteiger partial charge in [-0.3, -0.25) is 13.8 Å². The Morgan fingerprint density at radius 1 is 0.481 bits per heavy atom. The van der Waals surface area contributed by atoms with E-state index in [0.29, 0.717) is 5.82 Å². The molecule has 0 fully saturated rings. The van der Waals surface area contributed by atoms with Crippen molar-refractivity contribution >= 4 is 52.8 Å². The fourth-order valence-corrected chi connectivity index (χ4v) is 14.2. The van der Waals surface area contributed by atoms with Gasteiger partial charge in [0.1, 0.15) is 11.2 Å². The highest BCUT2D eigenvalue weighted by Gasteiger charge is 2.57. The average Bonchev–Trinajstić information content (AvgIpc) is 3.88. The molecule has 1 spiro atoms. The minimum atomic E-state index is -3.89. The van der Waals surface area contributed by atoms with Gasteiger partial charge in [0.2, 0.25) is 0 Å². The molecule has 244 valence electrons. The summed E-state index contributed by atoms with van der Waals surface area (Å²) < 4.78 is 25.2. The van der Waals surface area contributed by atoms with Gasteiger partial charge in [-0.05, 0) is 70.8 Å². The highest BCUT2D eigenvalue weighted by molar-refractivity contribution is 8.21. The van der Waals surface area contributed by atoms with E-state index in [4.69, 9.17) is 14.4 Å². The summed E-state index contributed by atoms with van der Waals surface area (Å²) in [6.07, 6.45) is 3.63. The smallest absolute Gasteiger partial charge is 0.156 e. The first kappa shape index (κ1) is 28.1. The predicted molar refractivity (Wildman–Crippen MR) is 208 cm³/mol. The second kappa shape index (κ2) is 9.57. The van der Waals surface area contributed by atoms with Gasteiger partial charge >= 0.3 is 0 Å². The van der Waals surface area contributed by atoms with Crippen LogP contribution < -0.4 is 0 Å². The second-order valence-electron chi connectivity index (χ2n) is 13.7. The fraction of sp³-hybridized carbons (Fsp3) is 0. The first-order valence-corrected chi connectivity index (χ1v) is 19.3. The number of nitrogens with zero attached hydrogens (tertiary/aromatic N) is 3. The van der Waals surface area contributed by atoms with Gasteiger partial charge < -0.3 is 4.42 Å². The van der Waals surface area contributed by atoms with Crippen LogP contribution in [0.15, 0.2) is 188 Å². The lowest BCUT2D eigenvalue weighted by molar-refractivity contribution is 0.658. The molecular formula is C46H27N3O2S. The minimum Gasteiger partial charge on any atom is -0.456 e. The molecule has 52 heavy (non-hydrogen) atoms. The highest BCUT2D eigenvalue weighted by Crippen LogP contribution is 2.70. The molecule has 0 amide bonds. The molecule has 2 aliphatic heterocycles. The molecule has 0 N–H and O–H groups in total. The van der Waals surface area contributed by atoms with Crippen molar-refractivity contribution < 1.29 is 8.63 Å². The number of fused-ring (bicyclic) bond motifs is 16. The van der Waals surface area contributed by atoms with Gasteiger partial charge in [-0.15, -0.1) is 0 Å². The molecule has 0 atom stereocenters. The fourth-order valence-electron chi connectivity index (χ4n) is 9.07. The van der Waals surface area contributed by atoms with Crippen LogP contribution in [0.5, 0.6) is 0 Å². The molecular weight excluding hydrogens is 659 g/mol. The Hall–Kier alpha value is -6.63. The number of furan rings is 1. The molecule has 0 saturated carbocycles. The summed E-state index contributed by atoms with van der Waals surface area (Å²) in [5.41, 5.74) is 9.41. The standard InChI is InChI=1S/C46H27N3O2S/c50-52(42-18-8-3-13-31(42)32-14-4-9-19-43(32)52)44-20-10-5-15-33(44)36-23-28(21-22-45(36)52)37-26-47-27-46(48-37)49-38-16-6-1-11-29(38)34-24-35-30-12-2-7-17-40(30)51-41(35)25-39(34)49/h1-27H. The van der Waals surface area contributed by atoms with Crippen LogP contribution in [0.4, 0.5) is 0 Å². The molecule has 0 unspecified atom stereocenters. The van der Waals surface area contributed by atoms with Crippen molar-refractivity contribution in [1.29, 1.82) is 0 Å². The van der Waals surface area contributed by atoms with E-state index in [-0.39, 0.29) is 0 Å². The van der Waals surface area contributed by atoms with Crippen molar-refractivity contribution in [1.82, 2.24) is 14.5 Å². The van der Waals surface area contributed by atoms with Crippen molar-refractivity contribution in [3.05, 3.63) is 164 Å². The summed E-state index contributed by atoms with van der Waals surface area (Å²) in [7, 11) is -3.89. The van der Waals surface area contributed by atoms with E-state index < -0.39 is 9.07 Å². The van der Waals surface area contributed by atoms with Crippen LogP contribution in [0.25, 0.3) is 83.1 Å². The Balaban J connectivity index is 1.08. The van der Waals surface area contributed by atoms with Crippen LogP contribution in [0.1, 0.15) is 0 Å². The Kier molecular flexibility index (Phi) is 5.17. The third-order valence-corrected chi connectivity index (χ3v) is 16.0. The van der Waals surface area contributed by atoms with Crippen LogP contribution in [0.3, 0.4) is 0 Å². The van der Waals surface area contributed by atoms with Gasteiger partial charge in [0.25, 0.3) is 0 Å². The van der Waals surface area contributed by atoms with E-state index in [1.165, 1.54) is 0 Å². The lowest BCUT2D eigenvalue weighted by atomic mass is 10.0. The molecule has 0 aliphatic carbocycles. The molecule has 0 bridgehead atoms. The van der Waals surface area contributed by atoms with Crippen LogP contribution in [-0.2, 0) is 9.07 Å². The molecule has 5 nitrogen and oxygen atoms in total. The van der Waals surface area contributed by atoms with E-state index in [2.05, 4.69) is 102 Å². The summed E-state index contributed by atoms with van der Waals surface area (Å²) in [5.74, 6) is 0.711.